The first-order chi connectivity index (χ1) is 25.7. The highest BCUT2D eigenvalue weighted by molar-refractivity contribution is 5.77. The molecule has 0 spiro atoms. The number of carboxylic acid groups (broad SMARTS) is 2. The molecule has 316 valence electrons. The average Bonchev–Trinajstić information content (AvgIpc) is 3.11. The van der Waals surface area contributed by atoms with Gasteiger partial charge >= 0.3 is 17.9 Å². The summed E-state index contributed by atoms with van der Waals surface area (Å²) < 4.78 is 38.2. The van der Waals surface area contributed by atoms with Gasteiger partial charge in [0, 0.05) is 27.2 Å². The smallest absolute Gasteiger partial charge is 0.364 e. The Hall–Kier alpha value is -3.25. The molecule has 3 heterocycles. The highest BCUT2D eigenvalue weighted by atomic mass is 16.8. The molecule has 0 aromatic carbocycles. The number of esters is 1. The van der Waals surface area contributed by atoms with E-state index in [0.717, 1.165) is 20.8 Å². The third kappa shape index (κ3) is 11.2. The predicted octanol–water partition coefficient (Wildman–Crippen LogP) is -8.07. The number of ether oxygens (including phenoxy) is 7. The van der Waals surface area contributed by atoms with Crippen molar-refractivity contribution in [1.82, 2.24) is 10.6 Å². The van der Waals surface area contributed by atoms with Crippen molar-refractivity contribution in [3.8, 4) is 0 Å². The summed E-state index contributed by atoms with van der Waals surface area (Å²) in [6.07, 6.45) is -26.1. The number of hydrogen-bond donors (Lipinski definition) is 13. The van der Waals surface area contributed by atoms with Gasteiger partial charge in [0.05, 0.1) is 32.0 Å². The van der Waals surface area contributed by atoms with E-state index < -0.39 is 166 Å². The van der Waals surface area contributed by atoms with Gasteiger partial charge in [-0.05, 0) is 0 Å². The maximum Gasteiger partial charge on any atom is 0.364 e. The molecule has 55 heavy (non-hydrogen) atoms. The van der Waals surface area contributed by atoms with Crippen LogP contribution in [0.25, 0.3) is 0 Å². The van der Waals surface area contributed by atoms with Crippen LogP contribution in [0, 0.1) is 0 Å². The topological polar surface area (TPSA) is 402 Å². The van der Waals surface area contributed by atoms with E-state index in [1.165, 1.54) is 0 Å². The Kier molecular flexibility index (Phi) is 16.6. The molecule has 0 aromatic heterocycles. The number of nitrogens with one attached hydrogen (secondary N) is 2. The van der Waals surface area contributed by atoms with Gasteiger partial charge in [-0.15, -0.1) is 0 Å². The lowest BCUT2D eigenvalue weighted by molar-refractivity contribution is -0.381. The molecule has 0 aromatic rings. The van der Waals surface area contributed by atoms with Gasteiger partial charge in [0.25, 0.3) is 5.79 Å². The lowest BCUT2D eigenvalue weighted by Gasteiger charge is -2.50. The summed E-state index contributed by atoms with van der Waals surface area (Å²) in [7, 11) is 0. The Morgan fingerprint density at radius 3 is 1.91 bits per heavy atom. The number of carbonyl (C=O) groups excluding carboxylic acids is 3. The van der Waals surface area contributed by atoms with Gasteiger partial charge < -0.3 is 101 Å². The van der Waals surface area contributed by atoms with Crippen molar-refractivity contribution in [2.24, 2.45) is 5.73 Å². The van der Waals surface area contributed by atoms with E-state index in [-0.39, 0.29) is 0 Å². The van der Waals surface area contributed by atoms with Gasteiger partial charge in [0.2, 0.25) is 11.8 Å². The van der Waals surface area contributed by atoms with Crippen LogP contribution in [0.4, 0.5) is 0 Å². The summed E-state index contributed by atoms with van der Waals surface area (Å²) in [6.45, 7) is -0.415. The lowest BCUT2D eigenvalue weighted by Crippen LogP contribution is -2.71. The zero-order valence-electron chi connectivity index (χ0n) is 29.7. The first-order valence-electron chi connectivity index (χ1n) is 16.8. The summed E-state index contributed by atoms with van der Waals surface area (Å²) in [5.74, 6) is -8.86. The second-order valence-corrected chi connectivity index (χ2v) is 13.1. The number of hydrogen-bond acceptors (Lipinski definition) is 21. The summed E-state index contributed by atoms with van der Waals surface area (Å²) in [5.41, 5.74) is 5.46. The predicted molar refractivity (Wildman–Crippen MR) is 171 cm³/mol. The largest absolute Gasteiger partial charge is 0.480 e. The Bertz CT molecular complexity index is 1340. The second-order valence-electron chi connectivity index (χ2n) is 13.1. The first-order valence-corrected chi connectivity index (χ1v) is 16.8. The van der Waals surface area contributed by atoms with Gasteiger partial charge in [-0.2, -0.15) is 0 Å². The molecule has 3 fully saturated rings. The fraction of sp³-hybridized carbons (Fsp3) is 0.833. The molecule has 0 aliphatic carbocycles. The average molecular weight is 804 g/mol. The van der Waals surface area contributed by atoms with Crippen molar-refractivity contribution < 1.29 is 108 Å². The van der Waals surface area contributed by atoms with E-state index in [2.05, 4.69) is 15.4 Å². The van der Waals surface area contributed by atoms with E-state index in [4.69, 9.17) is 39.3 Å². The third-order valence-electron chi connectivity index (χ3n) is 8.88. The van der Waals surface area contributed by atoms with Gasteiger partial charge in [-0.1, -0.05) is 0 Å². The highest BCUT2D eigenvalue weighted by Crippen LogP contribution is 2.38. The van der Waals surface area contributed by atoms with Gasteiger partial charge in [0.15, 0.2) is 12.6 Å². The molecule has 2 unspecified atom stereocenters. The van der Waals surface area contributed by atoms with Crippen LogP contribution in [-0.2, 0) is 57.1 Å². The standard InChI is InChI=1S/C30H49N3O22/c1-9(36)32-17-13(39)4-30(29(47)48,55-25(17)19(41)14(40)8-49-11(3)38)54-24-16(6-35)52-28(22(44)21(24)43)53-23-15(5-34)51-27(50-7-12(31)26(45)46)18(20(23)42)33-10(2)37/h12-25,27-28,34-35,39-44H,4-8,31H2,1-3H3,(H,32,36)(H,33,37)(H,45,46)(H,47,48)/t12-,13-,14+,15+,16+,17+,18+,19+,20+,21+,22+,23-,24-,25+,27?,28?,30+/m0/s1. The quantitative estimate of drug-likeness (QED) is 0.0607. The molecule has 3 saturated heterocycles. The van der Waals surface area contributed by atoms with Crippen molar-refractivity contribution in [2.75, 3.05) is 26.4 Å². The second kappa shape index (κ2) is 19.7. The molecule has 3 aliphatic heterocycles. The molecule has 3 rings (SSSR count). The summed E-state index contributed by atoms with van der Waals surface area (Å²) in [6, 6.07) is -4.65. The van der Waals surface area contributed by atoms with E-state index in [1.807, 2.05) is 0 Å². The van der Waals surface area contributed by atoms with Crippen molar-refractivity contribution >= 4 is 29.7 Å². The number of aliphatic hydroxyl groups excluding tert-OH is 8. The van der Waals surface area contributed by atoms with Gasteiger partial charge in [0.1, 0.15) is 79.7 Å². The zero-order valence-corrected chi connectivity index (χ0v) is 29.7. The highest BCUT2D eigenvalue weighted by Gasteiger charge is 2.60. The van der Waals surface area contributed by atoms with E-state index in [9.17, 15) is 69.9 Å². The molecule has 25 heteroatoms. The molecule has 2 amide bonds. The minimum absolute atomic E-state index is 0.663. The van der Waals surface area contributed by atoms with Crippen molar-refractivity contribution in [2.45, 2.75) is 131 Å². The SMILES string of the molecule is CC(=O)N[C@H]1[C@H]([C@H](O)[C@H](O)COC(C)=O)O[C@@](O[C@@H]2[C@H](O)[C@@H](O)C(O[C@@H]3[C@H](O)[C@@H](NC(C)=O)C(OC[C@H](N)C(=O)O)O[C@@H]3CO)O[C@@H]2CO)(C(=O)O)C[C@@H]1O. The molecular formula is C30H49N3O22. The minimum Gasteiger partial charge on any atom is -0.480 e. The van der Waals surface area contributed by atoms with Crippen LogP contribution in [0.2, 0.25) is 0 Å². The fourth-order valence-electron chi connectivity index (χ4n) is 6.16. The summed E-state index contributed by atoms with van der Waals surface area (Å²) in [5, 5.41) is 110. The number of amides is 2. The maximum atomic E-state index is 12.8. The number of aliphatic carboxylic acids is 2. The number of carbonyl (C=O) groups is 5. The van der Waals surface area contributed by atoms with Crippen molar-refractivity contribution in [1.29, 1.82) is 0 Å². The molecule has 0 radical (unpaired) electrons. The van der Waals surface area contributed by atoms with Crippen LogP contribution in [0.3, 0.4) is 0 Å². The Labute approximate surface area is 311 Å². The van der Waals surface area contributed by atoms with Crippen LogP contribution in [0.15, 0.2) is 0 Å². The van der Waals surface area contributed by atoms with E-state index >= 15 is 0 Å². The zero-order chi connectivity index (χ0) is 41.5. The van der Waals surface area contributed by atoms with Gasteiger partial charge in [-0.3, -0.25) is 19.2 Å². The Balaban J connectivity index is 1.88. The number of rotatable bonds is 17. The molecule has 25 nitrogen and oxygen atoms in total. The first kappa shape index (κ1) is 46.1. The number of carboxylic acids is 2. The molecular weight excluding hydrogens is 754 g/mol. The van der Waals surface area contributed by atoms with Crippen LogP contribution in [0.5, 0.6) is 0 Å². The normalized spacial score (nSPS) is 38.2. The molecule has 0 bridgehead atoms. The molecule has 14 N–H and O–H groups in total. The Morgan fingerprint density at radius 2 is 1.38 bits per heavy atom. The molecule has 17 atom stereocenters. The minimum atomic E-state index is -3.06. The summed E-state index contributed by atoms with van der Waals surface area (Å²) in [4.78, 5) is 59.1. The van der Waals surface area contributed by atoms with E-state index in [0.29, 0.717) is 0 Å². The molecule has 0 saturated carbocycles. The lowest BCUT2D eigenvalue weighted by atomic mass is 9.88. The molecule has 3 aliphatic rings. The third-order valence-corrected chi connectivity index (χ3v) is 8.88. The van der Waals surface area contributed by atoms with Crippen molar-refractivity contribution in [3.05, 3.63) is 0 Å². The Morgan fingerprint density at radius 1 is 0.818 bits per heavy atom. The number of nitrogens with two attached hydrogens (primary N) is 1. The summed E-state index contributed by atoms with van der Waals surface area (Å²) >= 11 is 0. The van der Waals surface area contributed by atoms with Crippen LogP contribution >= 0.6 is 0 Å². The van der Waals surface area contributed by atoms with E-state index in [1.54, 1.807) is 0 Å². The van der Waals surface area contributed by atoms with Gasteiger partial charge in [-0.25, -0.2) is 4.79 Å². The fourth-order valence-corrected chi connectivity index (χ4v) is 6.16. The van der Waals surface area contributed by atoms with Crippen LogP contribution in [0.1, 0.15) is 27.2 Å². The monoisotopic (exact) mass is 803 g/mol. The van der Waals surface area contributed by atoms with Crippen LogP contribution < -0.4 is 16.4 Å². The van der Waals surface area contributed by atoms with Crippen LogP contribution in [-0.4, -0.2) is 211 Å². The number of aliphatic hydroxyl groups is 8. The maximum absolute atomic E-state index is 12.8. The van der Waals surface area contributed by atoms with Crippen molar-refractivity contribution in [3.63, 3.8) is 0 Å².